The van der Waals surface area contributed by atoms with Crippen LogP contribution < -0.4 is 20.5 Å². The van der Waals surface area contributed by atoms with Gasteiger partial charge in [0.05, 0.1) is 26.4 Å². The van der Waals surface area contributed by atoms with Gasteiger partial charge in [0.25, 0.3) is 0 Å². The number of benzene rings is 3. The second kappa shape index (κ2) is 9.07. The summed E-state index contributed by atoms with van der Waals surface area (Å²) < 4.78 is 0. The first-order valence-electron chi connectivity index (χ1n) is 9.88. The summed E-state index contributed by atoms with van der Waals surface area (Å²) >= 11 is 0. The van der Waals surface area contributed by atoms with E-state index in [4.69, 9.17) is 0 Å². The lowest BCUT2D eigenvalue weighted by Gasteiger charge is -2.26. The Morgan fingerprint density at radius 3 is 0.786 bits per heavy atom. The fourth-order valence-corrected chi connectivity index (χ4v) is 5.78. The van der Waals surface area contributed by atoms with Crippen molar-refractivity contribution in [2.24, 2.45) is 0 Å². The summed E-state index contributed by atoms with van der Waals surface area (Å²) in [6, 6.07) is 27.5. The monoisotopic (exact) mass is 416 g/mol. The molecule has 0 saturated carbocycles. The fourth-order valence-electron chi connectivity index (χ4n) is 3.28. The maximum Gasteiger partial charge on any atom is 0.0791 e. The molecule has 0 saturated heterocycles. The smallest absolute Gasteiger partial charge is 0.0791 e. The van der Waals surface area contributed by atoms with Crippen LogP contribution in [0.15, 0.2) is 72.8 Å². The van der Waals surface area contributed by atoms with Crippen LogP contribution >= 0.6 is 0 Å². The summed E-state index contributed by atoms with van der Waals surface area (Å²) in [5.74, 6) is 0. The zero-order chi connectivity index (χ0) is 20.3. The average Bonchev–Trinajstić information content (AvgIpc) is 2.69. The zero-order valence-electron chi connectivity index (χ0n) is 17.9. The molecule has 0 amide bonds. The maximum atomic E-state index is 2.38. The van der Waals surface area contributed by atoms with Crippen molar-refractivity contribution >= 4 is 59.0 Å². The SMILES string of the molecule is C[Si](C)c1ccc(N(c2ccc([Si](C)C)cc2)c2ccc([Si](C)C)cc2)cc1. The van der Waals surface area contributed by atoms with Crippen LogP contribution in [0.25, 0.3) is 0 Å². The summed E-state index contributed by atoms with van der Waals surface area (Å²) in [7, 11) is -1.27. The van der Waals surface area contributed by atoms with Gasteiger partial charge in [-0.05, 0) is 36.4 Å². The predicted molar refractivity (Wildman–Crippen MR) is 132 cm³/mol. The quantitative estimate of drug-likeness (QED) is 0.509. The molecule has 3 rings (SSSR count). The van der Waals surface area contributed by atoms with Crippen LogP contribution in [0, 0.1) is 0 Å². The number of rotatable bonds is 6. The summed E-state index contributed by atoms with van der Waals surface area (Å²) in [5, 5.41) is 4.44. The fraction of sp³-hybridized carbons (Fsp3) is 0.250. The molecule has 1 nitrogen and oxygen atoms in total. The molecular formula is C24H30NSi3. The largest absolute Gasteiger partial charge is 0.311 e. The van der Waals surface area contributed by atoms with Crippen molar-refractivity contribution in [3.63, 3.8) is 0 Å². The lowest BCUT2D eigenvalue weighted by Crippen LogP contribution is -2.24. The van der Waals surface area contributed by atoms with Crippen molar-refractivity contribution in [2.45, 2.75) is 39.3 Å². The molecule has 0 unspecified atom stereocenters. The third kappa shape index (κ3) is 4.74. The molecule has 0 spiro atoms. The Hall–Kier alpha value is -1.89. The van der Waals surface area contributed by atoms with Crippen LogP contribution in [0.2, 0.25) is 39.3 Å². The van der Waals surface area contributed by atoms with Crippen molar-refractivity contribution in [3.8, 4) is 0 Å². The lowest BCUT2D eigenvalue weighted by molar-refractivity contribution is 1.29. The predicted octanol–water partition coefficient (Wildman–Crippen LogP) is 5.04. The Morgan fingerprint density at radius 1 is 0.393 bits per heavy atom. The topological polar surface area (TPSA) is 3.24 Å². The lowest BCUT2D eigenvalue weighted by atomic mass is 10.2. The highest BCUT2D eigenvalue weighted by Crippen LogP contribution is 2.33. The van der Waals surface area contributed by atoms with E-state index in [0.717, 1.165) is 0 Å². The van der Waals surface area contributed by atoms with Crippen LogP contribution in [0.5, 0.6) is 0 Å². The second-order valence-electron chi connectivity index (χ2n) is 7.98. The molecule has 0 aliphatic rings. The molecule has 143 valence electrons. The Kier molecular flexibility index (Phi) is 6.75. The van der Waals surface area contributed by atoms with Gasteiger partial charge in [0.1, 0.15) is 0 Å². The van der Waals surface area contributed by atoms with Crippen molar-refractivity contribution in [1.82, 2.24) is 0 Å². The van der Waals surface area contributed by atoms with E-state index in [1.807, 2.05) is 0 Å². The highest BCUT2D eigenvalue weighted by molar-refractivity contribution is 6.71. The van der Waals surface area contributed by atoms with E-state index in [-0.39, 0.29) is 0 Å². The minimum Gasteiger partial charge on any atom is -0.311 e. The maximum absolute atomic E-state index is 2.38. The molecule has 0 fully saturated rings. The van der Waals surface area contributed by atoms with Gasteiger partial charge in [-0.15, -0.1) is 0 Å². The first kappa shape index (κ1) is 20.8. The molecule has 0 heterocycles. The Morgan fingerprint density at radius 2 is 0.607 bits per heavy atom. The number of hydrogen-bond donors (Lipinski definition) is 0. The van der Waals surface area contributed by atoms with Gasteiger partial charge >= 0.3 is 0 Å². The number of hydrogen-bond acceptors (Lipinski definition) is 1. The molecule has 0 atom stereocenters. The van der Waals surface area contributed by atoms with Gasteiger partial charge in [0.15, 0.2) is 0 Å². The van der Waals surface area contributed by atoms with Gasteiger partial charge in [0, 0.05) is 17.1 Å². The van der Waals surface area contributed by atoms with Gasteiger partial charge in [0.2, 0.25) is 0 Å². The number of anilines is 3. The molecule has 4 heteroatoms. The molecule has 0 aliphatic carbocycles. The molecule has 3 aromatic carbocycles. The van der Waals surface area contributed by atoms with Gasteiger partial charge < -0.3 is 4.90 Å². The van der Waals surface area contributed by atoms with Crippen LogP contribution in [0.3, 0.4) is 0 Å². The summed E-state index contributed by atoms with van der Waals surface area (Å²) in [4.78, 5) is 2.38. The van der Waals surface area contributed by atoms with E-state index < -0.39 is 26.4 Å². The molecule has 3 aromatic rings. The summed E-state index contributed by atoms with van der Waals surface area (Å²) in [6.07, 6.45) is 0. The van der Waals surface area contributed by atoms with Crippen molar-refractivity contribution in [2.75, 3.05) is 4.90 Å². The van der Waals surface area contributed by atoms with Gasteiger partial charge in [-0.25, -0.2) is 0 Å². The Bertz CT molecular complexity index is 760. The van der Waals surface area contributed by atoms with Gasteiger partial charge in [-0.2, -0.15) is 0 Å². The van der Waals surface area contributed by atoms with E-state index in [9.17, 15) is 0 Å². The summed E-state index contributed by atoms with van der Waals surface area (Å²) in [5.41, 5.74) is 3.68. The third-order valence-corrected chi connectivity index (χ3v) is 9.57. The zero-order valence-corrected chi connectivity index (χ0v) is 20.9. The number of nitrogens with zero attached hydrogens (tertiary/aromatic N) is 1. The van der Waals surface area contributed by atoms with Crippen molar-refractivity contribution in [1.29, 1.82) is 0 Å². The van der Waals surface area contributed by atoms with Crippen LogP contribution in [-0.4, -0.2) is 26.4 Å². The van der Waals surface area contributed by atoms with Crippen LogP contribution in [0.1, 0.15) is 0 Å². The second-order valence-corrected chi connectivity index (χ2v) is 15.7. The van der Waals surface area contributed by atoms with Crippen LogP contribution in [0.4, 0.5) is 17.1 Å². The van der Waals surface area contributed by atoms with Gasteiger partial charge in [-0.1, -0.05) is 91.2 Å². The molecule has 0 aliphatic heterocycles. The molecule has 0 bridgehead atoms. The summed E-state index contributed by atoms with van der Waals surface area (Å²) in [6.45, 7) is 14.1. The first-order chi connectivity index (χ1) is 13.4. The van der Waals surface area contributed by atoms with E-state index in [0.29, 0.717) is 0 Å². The van der Waals surface area contributed by atoms with E-state index in [2.05, 4.69) is 117 Å². The molecular weight excluding hydrogens is 387 g/mol. The highest BCUT2D eigenvalue weighted by Gasteiger charge is 2.14. The van der Waals surface area contributed by atoms with Gasteiger partial charge in [-0.3, -0.25) is 0 Å². The van der Waals surface area contributed by atoms with Crippen LogP contribution in [-0.2, 0) is 0 Å². The van der Waals surface area contributed by atoms with Crippen molar-refractivity contribution < 1.29 is 0 Å². The Balaban J connectivity index is 2.04. The average molecular weight is 417 g/mol. The molecule has 28 heavy (non-hydrogen) atoms. The minimum absolute atomic E-state index is 0.424. The Labute approximate surface area is 175 Å². The molecule has 0 aromatic heterocycles. The van der Waals surface area contributed by atoms with E-state index in [1.165, 1.54) is 32.6 Å². The molecule has 0 N–H and O–H groups in total. The third-order valence-electron chi connectivity index (χ3n) is 5.11. The standard InChI is InChI=1S/C24H30NSi3/c1-26(2)22-13-7-19(8-14-22)25(20-9-15-23(16-10-20)27(3)4)21-11-17-24(18-12-21)28(5)6/h7-18H,1-6H3. The normalized spacial score (nSPS) is 11.5. The van der Waals surface area contributed by atoms with E-state index >= 15 is 0 Å². The van der Waals surface area contributed by atoms with E-state index in [1.54, 1.807) is 0 Å². The molecule has 3 radical (unpaired) electrons. The minimum atomic E-state index is -0.424. The van der Waals surface area contributed by atoms with Crippen molar-refractivity contribution in [3.05, 3.63) is 72.8 Å². The first-order valence-corrected chi connectivity index (χ1v) is 17.4. The highest BCUT2D eigenvalue weighted by atomic mass is 28.3.